The Morgan fingerprint density at radius 1 is 1.06 bits per heavy atom. The van der Waals surface area contributed by atoms with E-state index in [1.54, 1.807) is 0 Å². The van der Waals surface area contributed by atoms with Gasteiger partial charge in [0.2, 0.25) is 11.8 Å². The van der Waals surface area contributed by atoms with E-state index in [1.165, 1.54) is 24.0 Å². The molecule has 1 aromatic carbocycles. The summed E-state index contributed by atoms with van der Waals surface area (Å²) in [5.74, 6) is 2.72. The lowest BCUT2D eigenvalue weighted by Gasteiger charge is -2.34. The zero-order chi connectivity index (χ0) is 23.1. The molecule has 2 amide bonds. The first-order valence-corrected chi connectivity index (χ1v) is 12.4. The topological polar surface area (TPSA) is 66.4 Å². The highest BCUT2D eigenvalue weighted by Crippen LogP contribution is 2.36. The molecule has 33 heavy (non-hydrogen) atoms. The zero-order valence-electron chi connectivity index (χ0n) is 20.1. The first-order valence-electron chi connectivity index (χ1n) is 12.4. The van der Waals surface area contributed by atoms with Gasteiger partial charge in [-0.05, 0) is 75.5 Å². The van der Waals surface area contributed by atoms with Crippen LogP contribution in [0, 0.1) is 26.7 Å². The number of carbonyl (C=O) groups is 2. The number of amides is 2. The fourth-order valence-electron chi connectivity index (χ4n) is 5.15. The molecule has 0 unspecified atom stereocenters. The second kappa shape index (κ2) is 8.88. The Kier molecular flexibility index (Phi) is 5.94. The van der Waals surface area contributed by atoms with Crippen molar-refractivity contribution in [2.75, 3.05) is 24.5 Å². The van der Waals surface area contributed by atoms with Crippen LogP contribution in [-0.2, 0) is 22.4 Å². The maximum atomic E-state index is 13.1. The monoisotopic (exact) mass is 446 g/mol. The maximum absolute atomic E-state index is 13.1. The van der Waals surface area contributed by atoms with E-state index in [1.807, 2.05) is 16.7 Å². The molecule has 1 aromatic heterocycles. The summed E-state index contributed by atoms with van der Waals surface area (Å²) >= 11 is 0. The number of carbonyl (C=O) groups excluding carboxylic acids is 2. The molecule has 0 radical (unpaired) electrons. The van der Waals surface area contributed by atoms with Crippen molar-refractivity contribution in [1.82, 2.24) is 14.9 Å². The van der Waals surface area contributed by atoms with Gasteiger partial charge in [-0.2, -0.15) is 0 Å². The molecule has 1 atom stereocenters. The molecule has 174 valence electrons. The SMILES string of the molecule is Cc1ccc(CC(=O)N2CCC[C@H](c3nc(C)c4c(n3)N(CC3CC3)C(=O)CC4)C2)cc1C. The standard InChI is InChI=1S/C27H34N4O2/c1-17-6-7-21(13-18(17)2)14-25(33)30-12-4-5-22(16-30)26-28-19(3)23-10-11-24(32)31(27(23)29-26)15-20-8-9-20/h6-7,13,20,22H,4-5,8-12,14-16H2,1-3H3/t22-/m0/s1. The van der Waals surface area contributed by atoms with Gasteiger partial charge >= 0.3 is 0 Å². The van der Waals surface area contributed by atoms with Crippen LogP contribution < -0.4 is 4.90 Å². The Balaban J connectivity index is 1.34. The molecule has 3 heterocycles. The lowest BCUT2D eigenvalue weighted by Crippen LogP contribution is -2.41. The van der Waals surface area contributed by atoms with Crippen molar-refractivity contribution >= 4 is 17.6 Å². The van der Waals surface area contributed by atoms with E-state index in [2.05, 4.69) is 32.0 Å². The number of aryl methyl sites for hydroxylation is 3. The molecular formula is C27H34N4O2. The molecule has 5 rings (SSSR count). The number of piperidine rings is 1. The lowest BCUT2D eigenvalue weighted by atomic mass is 9.95. The molecule has 1 saturated heterocycles. The van der Waals surface area contributed by atoms with E-state index in [4.69, 9.17) is 9.97 Å². The van der Waals surface area contributed by atoms with E-state index in [9.17, 15) is 9.59 Å². The maximum Gasteiger partial charge on any atom is 0.228 e. The fourth-order valence-corrected chi connectivity index (χ4v) is 5.15. The van der Waals surface area contributed by atoms with E-state index < -0.39 is 0 Å². The summed E-state index contributed by atoms with van der Waals surface area (Å²) in [5, 5.41) is 0. The van der Waals surface area contributed by atoms with Crippen LogP contribution in [-0.4, -0.2) is 46.3 Å². The van der Waals surface area contributed by atoms with Gasteiger partial charge in [0.1, 0.15) is 11.6 Å². The van der Waals surface area contributed by atoms with Crippen molar-refractivity contribution in [3.63, 3.8) is 0 Å². The fraction of sp³-hybridized carbons (Fsp3) is 0.556. The summed E-state index contributed by atoms with van der Waals surface area (Å²) in [6.45, 7) is 8.45. The van der Waals surface area contributed by atoms with Gasteiger partial charge in [-0.3, -0.25) is 14.5 Å². The molecule has 2 aliphatic heterocycles. The van der Waals surface area contributed by atoms with Crippen molar-refractivity contribution in [3.8, 4) is 0 Å². The molecule has 0 N–H and O–H groups in total. The number of hydrogen-bond donors (Lipinski definition) is 0. The van der Waals surface area contributed by atoms with Crippen LogP contribution in [0.15, 0.2) is 18.2 Å². The second-order valence-electron chi connectivity index (χ2n) is 10.2. The Bertz CT molecular complexity index is 1090. The minimum Gasteiger partial charge on any atom is -0.342 e. The third-order valence-corrected chi connectivity index (χ3v) is 7.56. The van der Waals surface area contributed by atoms with Gasteiger partial charge < -0.3 is 4.90 Å². The van der Waals surface area contributed by atoms with Crippen LogP contribution in [0.4, 0.5) is 5.82 Å². The van der Waals surface area contributed by atoms with Crippen molar-refractivity contribution < 1.29 is 9.59 Å². The summed E-state index contributed by atoms with van der Waals surface area (Å²) in [6, 6.07) is 6.27. The smallest absolute Gasteiger partial charge is 0.228 e. The van der Waals surface area contributed by atoms with Crippen molar-refractivity contribution in [2.24, 2.45) is 5.92 Å². The Morgan fingerprint density at radius 3 is 2.64 bits per heavy atom. The Morgan fingerprint density at radius 2 is 1.88 bits per heavy atom. The quantitative estimate of drug-likeness (QED) is 0.695. The first kappa shape index (κ1) is 22.1. The highest BCUT2D eigenvalue weighted by Gasteiger charge is 2.34. The molecule has 6 heteroatoms. The Labute approximate surface area is 196 Å². The van der Waals surface area contributed by atoms with Crippen LogP contribution in [0.3, 0.4) is 0 Å². The molecule has 1 saturated carbocycles. The van der Waals surface area contributed by atoms with Gasteiger partial charge in [0.15, 0.2) is 0 Å². The third-order valence-electron chi connectivity index (χ3n) is 7.56. The summed E-state index contributed by atoms with van der Waals surface area (Å²) < 4.78 is 0. The largest absolute Gasteiger partial charge is 0.342 e. The van der Waals surface area contributed by atoms with E-state index in [-0.39, 0.29) is 17.7 Å². The van der Waals surface area contributed by atoms with Crippen molar-refractivity contribution in [2.45, 2.75) is 71.6 Å². The van der Waals surface area contributed by atoms with Crippen molar-refractivity contribution in [1.29, 1.82) is 0 Å². The van der Waals surface area contributed by atoms with Gasteiger partial charge in [0, 0.05) is 43.2 Å². The molecular weight excluding hydrogens is 412 g/mol. The number of fused-ring (bicyclic) bond motifs is 1. The average molecular weight is 447 g/mol. The summed E-state index contributed by atoms with van der Waals surface area (Å²) in [6.07, 6.45) is 6.05. The second-order valence-corrected chi connectivity index (χ2v) is 10.2. The van der Waals surface area contributed by atoms with Gasteiger partial charge in [0.05, 0.1) is 6.42 Å². The van der Waals surface area contributed by atoms with E-state index >= 15 is 0 Å². The molecule has 0 spiro atoms. The van der Waals surface area contributed by atoms with E-state index in [0.29, 0.717) is 25.3 Å². The number of anilines is 1. The van der Waals surface area contributed by atoms with Gasteiger partial charge in [0.25, 0.3) is 0 Å². The molecule has 1 aliphatic carbocycles. The average Bonchev–Trinajstić information content (AvgIpc) is 3.62. The van der Waals surface area contributed by atoms with Crippen LogP contribution in [0.1, 0.15) is 71.8 Å². The van der Waals surface area contributed by atoms with Gasteiger partial charge in [-0.15, -0.1) is 0 Å². The summed E-state index contributed by atoms with van der Waals surface area (Å²) in [7, 11) is 0. The molecule has 2 fully saturated rings. The third kappa shape index (κ3) is 4.66. The first-order chi connectivity index (χ1) is 15.9. The zero-order valence-corrected chi connectivity index (χ0v) is 20.1. The highest BCUT2D eigenvalue weighted by atomic mass is 16.2. The summed E-state index contributed by atoms with van der Waals surface area (Å²) in [4.78, 5) is 39.5. The number of nitrogens with zero attached hydrogens (tertiary/aromatic N) is 4. The van der Waals surface area contributed by atoms with Crippen LogP contribution >= 0.6 is 0 Å². The van der Waals surface area contributed by atoms with Crippen LogP contribution in [0.5, 0.6) is 0 Å². The lowest BCUT2D eigenvalue weighted by molar-refractivity contribution is -0.131. The number of aromatic nitrogens is 2. The Hall–Kier alpha value is -2.76. The molecule has 2 aromatic rings. The minimum absolute atomic E-state index is 0.117. The summed E-state index contributed by atoms with van der Waals surface area (Å²) in [5.41, 5.74) is 5.65. The van der Waals surface area contributed by atoms with E-state index in [0.717, 1.165) is 60.8 Å². The molecule has 3 aliphatic rings. The number of rotatable bonds is 5. The predicted molar refractivity (Wildman–Crippen MR) is 128 cm³/mol. The molecule has 6 nitrogen and oxygen atoms in total. The number of benzene rings is 1. The van der Waals surface area contributed by atoms with Crippen molar-refractivity contribution in [3.05, 3.63) is 52.0 Å². The normalized spacial score (nSPS) is 20.7. The van der Waals surface area contributed by atoms with Crippen LogP contribution in [0.25, 0.3) is 0 Å². The highest BCUT2D eigenvalue weighted by molar-refractivity contribution is 5.95. The molecule has 0 bridgehead atoms. The number of likely N-dealkylation sites (tertiary alicyclic amines) is 1. The van der Waals surface area contributed by atoms with Crippen LogP contribution in [0.2, 0.25) is 0 Å². The predicted octanol–water partition coefficient (Wildman–Crippen LogP) is 4.04. The number of hydrogen-bond acceptors (Lipinski definition) is 4. The minimum atomic E-state index is 0.117. The van der Waals surface area contributed by atoms with Gasteiger partial charge in [-0.25, -0.2) is 9.97 Å². The van der Waals surface area contributed by atoms with Gasteiger partial charge in [-0.1, -0.05) is 18.2 Å².